The second-order valence-corrected chi connectivity index (χ2v) is 5.78. The van der Waals surface area contributed by atoms with E-state index in [1.807, 2.05) is 17.5 Å². The number of hydrogen-bond acceptors (Lipinski definition) is 5. The van der Waals surface area contributed by atoms with Crippen LogP contribution in [0.1, 0.15) is 30.7 Å². The van der Waals surface area contributed by atoms with Gasteiger partial charge in [0.15, 0.2) is 11.5 Å². The lowest BCUT2D eigenvalue weighted by molar-refractivity contribution is -0.129. The van der Waals surface area contributed by atoms with Crippen molar-refractivity contribution in [2.75, 3.05) is 20.3 Å². The van der Waals surface area contributed by atoms with Crippen molar-refractivity contribution in [3.63, 3.8) is 0 Å². The van der Waals surface area contributed by atoms with Gasteiger partial charge in [0.25, 0.3) is 5.91 Å². The van der Waals surface area contributed by atoms with Crippen molar-refractivity contribution in [3.8, 4) is 0 Å². The third kappa shape index (κ3) is 3.01. The lowest BCUT2D eigenvalue weighted by atomic mass is 10.0. The zero-order valence-electron chi connectivity index (χ0n) is 12.2. The highest BCUT2D eigenvalue weighted by Crippen LogP contribution is 2.39. The highest BCUT2D eigenvalue weighted by Gasteiger charge is 2.42. The first-order valence-corrected chi connectivity index (χ1v) is 7.79. The van der Waals surface area contributed by atoms with Crippen LogP contribution >= 0.6 is 11.3 Å². The summed E-state index contributed by atoms with van der Waals surface area (Å²) in [6.45, 7) is 2.70. The average Bonchev–Trinajstić information content (AvgIpc) is 3.08. The molecule has 2 heterocycles. The first-order valence-electron chi connectivity index (χ1n) is 6.91. The highest BCUT2D eigenvalue weighted by molar-refractivity contribution is 7.10. The molecule has 0 saturated heterocycles. The van der Waals surface area contributed by atoms with Gasteiger partial charge in [0.2, 0.25) is 0 Å². The number of amides is 1. The van der Waals surface area contributed by atoms with E-state index in [9.17, 15) is 14.7 Å². The van der Waals surface area contributed by atoms with Crippen LogP contribution in [-0.4, -0.2) is 42.0 Å². The van der Waals surface area contributed by atoms with E-state index in [0.717, 1.165) is 4.88 Å². The van der Waals surface area contributed by atoms with E-state index in [-0.39, 0.29) is 17.8 Å². The van der Waals surface area contributed by atoms with Gasteiger partial charge in [-0.1, -0.05) is 13.0 Å². The lowest BCUT2D eigenvalue weighted by Crippen LogP contribution is -2.32. The normalized spacial score (nSPS) is 18.7. The summed E-state index contributed by atoms with van der Waals surface area (Å²) in [6.07, 6.45) is 0.922. The van der Waals surface area contributed by atoms with Gasteiger partial charge in [-0.2, -0.15) is 0 Å². The van der Waals surface area contributed by atoms with Gasteiger partial charge in [0, 0.05) is 31.6 Å². The van der Waals surface area contributed by atoms with E-state index in [2.05, 4.69) is 0 Å². The number of nitrogens with zero attached hydrogens (tertiary/aromatic N) is 1. The van der Waals surface area contributed by atoms with Gasteiger partial charge in [0.1, 0.15) is 0 Å². The molecule has 2 rings (SSSR count). The average molecular weight is 309 g/mol. The van der Waals surface area contributed by atoms with Gasteiger partial charge in [-0.3, -0.25) is 9.59 Å². The van der Waals surface area contributed by atoms with Gasteiger partial charge in [-0.05, 0) is 17.9 Å². The number of Topliss-reactive ketones (excluding diaryl/α,β-unsaturated/α-hetero) is 1. The van der Waals surface area contributed by atoms with Gasteiger partial charge in [0.05, 0.1) is 11.6 Å². The minimum absolute atomic E-state index is 0.187. The number of carbonyl (C=O) groups is 2. The Labute approximate surface area is 127 Å². The van der Waals surface area contributed by atoms with E-state index in [1.165, 1.54) is 11.3 Å². The summed E-state index contributed by atoms with van der Waals surface area (Å²) in [4.78, 5) is 26.8. The molecule has 6 heteroatoms. The first-order chi connectivity index (χ1) is 10.1. The Morgan fingerprint density at radius 1 is 1.52 bits per heavy atom. The third-order valence-electron chi connectivity index (χ3n) is 3.49. The van der Waals surface area contributed by atoms with Crippen LogP contribution in [0.15, 0.2) is 28.8 Å². The Hall–Kier alpha value is -1.66. The summed E-state index contributed by atoms with van der Waals surface area (Å²) in [7, 11) is 1.60. The van der Waals surface area contributed by atoms with Crippen LogP contribution in [0.2, 0.25) is 0 Å². The lowest BCUT2D eigenvalue weighted by Gasteiger charge is -2.25. The molecule has 0 aliphatic carbocycles. The second-order valence-electron chi connectivity index (χ2n) is 4.80. The number of carbonyl (C=O) groups excluding carboxylic acids is 2. The summed E-state index contributed by atoms with van der Waals surface area (Å²) in [5.41, 5.74) is 0.224. The van der Waals surface area contributed by atoms with E-state index >= 15 is 0 Å². The maximum Gasteiger partial charge on any atom is 0.290 e. The third-order valence-corrected chi connectivity index (χ3v) is 4.41. The van der Waals surface area contributed by atoms with Crippen LogP contribution < -0.4 is 0 Å². The Bertz CT molecular complexity index is 550. The fraction of sp³-hybridized carbons (Fsp3) is 0.467. The molecule has 0 fully saturated rings. The van der Waals surface area contributed by atoms with Crippen molar-refractivity contribution in [2.45, 2.75) is 25.8 Å². The molecule has 1 amide bonds. The molecular weight excluding hydrogens is 290 g/mol. The largest absolute Gasteiger partial charge is 0.503 e. The molecule has 1 aromatic heterocycles. The molecule has 1 aliphatic rings. The molecule has 1 aromatic rings. The second kappa shape index (κ2) is 6.87. The van der Waals surface area contributed by atoms with Crippen molar-refractivity contribution in [3.05, 3.63) is 33.7 Å². The number of aliphatic hydroxyl groups excluding tert-OH is 1. The van der Waals surface area contributed by atoms with E-state index in [4.69, 9.17) is 4.74 Å². The van der Waals surface area contributed by atoms with E-state index < -0.39 is 17.7 Å². The van der Waals surface area contributed by atoms with Crippen LogP contribution in [0.4, 0.5) is 0 Å². The van der Waals surface area contributed by atoms with Gasteiger partial charge >= 0.3 is 0 Å². The van der Waals surface area contributed by atoms with Gasteiger partial charge in [-0.25, -0.2) is 0 Å². The van der Waals surface area contributed by atoms with Crippen molar-refractivity contribution in [1.82, 2.24) is 4.90 Å². The number of aliphatic hydroxyl groups is 1. The van der Waals surface area contributed by atoms with Crippen LogP contribution in [0.5, 0.6) is 0 Å². The quantitative estimate of drug-likeness (QED) is 0.786. The molecule has 1 N–H and O–H groups in total. The molecule has 0 bridgehead atoms. The molecule has 1 atom stereocenters. The number of thiophene rings is 1. The molecule has 1 aliphatic heterocycles. The zero-order valence-corrected chi connectivity index (χ0v) is 13.0. The molecule has 114 valence electrons. The SMILES string of the molecule is CCC(=O)C1=C(O)C(=O)N(CCCOC)C1c1cccs1. The summed E-state index contributed by atoms with van der Waals surface area (Å²) in [5, 5.41) is 12.0. The van der Waals surface area contributed by atoms with Gasteiger partial charge in [-0.15, -0.1) is 11.3 Å². The highest BCUT2D eigenvalue weighted by atomic mass is 32.1. The number of ketones is 1. The zero-order chi connectivity index (χ0) is 15.4. The van der Waals surface area contributed by atoms with E-state index in [0.29, 0.717) is 19.6 Å². The molecular formula is C15H19NO4S. The van der Waals surface area contributed by atoms with Crippen molar-refractivity contribution >= 4 is 23.0 Å². The smallest absolute Gasteiger partial charge is 0.290 e. The number of ether oxygens (including phenoxy) is 1. The molecule has 0 spiro atoms. The molecule has 21 heavy (non-hydrogen) atoms. The summed E-state index contributed by atoms with van der Waals surface area (Å²) in [5.74, 6) is -1.06. The number of hydrogen-bond donors (Lipinski definition) is 1. The fourth-order valence-corrected chi connectivity index (χ4v) is 3.33. The van der Waals surface area contributed by atoms with Crippen molar-refractivity contribution < 1.29 is 19.4 Å². The molecule has 0 radical (unpaired) electrons. The number of methoxy groups -OCH3 is 1. The predicted molar refractivity (Wildman–Crippen MR) is 80.2 cm³/mol. The maximum atomic E-state index is 12.3. The fourth-order valence-electron chi connectivity index (χ4n) is 2.48. The first kappa shape index (κ1) is 15.7. The van der Waals surface area contributed by atoms with E-state index in [1.54, 1.807) is 18.9 Å². The summed E-state index contributed by atoms with van der Waals surface area (Å²) in [6, 6.07) is 3.29. The van der Waals surface area contributed by atoms with Crippen LogP contribution in [-0.2, 0) is 14.3 Å². The Morgan fingerprint density at radius 2 is 2.29 bits per heavy atom. The molecule has 5 nitrogen and oxygen atoms in total. The van der Waals surface area contributed by atoms with Crippen molar-refractivity contribution in [1.29, 1.82) is 0 Å². The van der Waals surface area contributed by atoms with Crippen molar-refractivity contribution in [2.24, 2.45) is 0 Å². The Kier molecular flexibility index (Phi) is 5.14. The molecule has 1 unspecified atom stereocenters. The minimum atomic E-state index is -0.471. The Morgan fingerprint density at radius 3 is 2.86 bits per heavy atom. The van der Waals surface area contributed by atoms with Crippen LogP contribution in [0, 0.1) is 0 Å². The monoisotopic (exact) mass is 309 g/mol. The summed E-state index contributed by atoms with van der Waals surface area (Å²) < 4.78 is 5.01. The van der Waals surface area contributed by atoms with Crippen LogP contribution in [0.3, 0.4) is 0 Å². The standard InChI is InChI=1S/C15H19NO4S/c1-3-10(17)12-13(11-6-4-9-21-11)16(7-5-8-20-2)15(19)14(12)18/h4,6,9,13,18H,3,5,7-8H2,1-2H3. The minimum Gasteiger partial charge on any atom is -0.503 e. The predicted octanol–water partition coefficient (Wildman–Crippen LogP) is 2.46. The molecule has 0 aromatic carbocycles. The Balaban J connectivity index is 2.34. The molecule has 0 saturated carbocycles. The number of rotatable bonds is 7. The topological polar surface area (TPSA) is 66.8 Å². The van der Waals surface area contributed by atoms with Crippen LogP contribution in [0.25, 0.3) is 0 Å². The maximum absolute atomic E-state index is 12.3. The van der Waals surface area contributed by atoms with Gasteiger partial charge < -0.3 is 14.7 Å². The summed E-state index contributed by atoms with van der Waals surface area (Å²) >= 11 is 1.48.